The quantitative estimate of drug-likeness (QED) is 0.803. The van der Waals surface area contributed by atoms with Gasteiger partial charge >= 0.3 is 0 Å². The van der Waals surface area contributed by atoms with E-state index in [2.05, 4.69) is 33.0 Å². The van der Waals surface area contributed by atoms with Crippen molar-refractivity contribution in [2.75, 3.05) is 6.54 Å². The first-order valence-electron chi connectivity index (χ1n) is 6.57. The predicted octanol–water partition coefficient (Wildman–Crippen LogP) is 4.50. The third-order valence-electron chi connectivity index (χ3n) is 3.44. The lowest BCUT2D eigenvalue weighted by molar-refractivity contribution is 0.275. The molecule has 18 heavy (non-hydrogen) atoms. The van der Waals surface area contributed by atoms with Crippen LogP contribution in [0.15, 0.2) is 18.2 Å². The van der Waals surface area contributed by atoms with E-state index in [0.29, 0.717) is 24.3 Å². The number of halogens is 2. The SMILES string of the molecule is CC(C)C(CNCc1cccc(F)c1Cl)C(C)C. The van der Waals surface area contributed by atoms with Crippen LogP contribution in [0.2, 0.25) is 5.02 Å². The minimum atomic E-state index is -0.347. The second-order valence-corrected chi connectivity index (χ2v) is 5.87. The molecule has 1 aromatic rings. The molecule has 0 heterocycles. The smallest absolute Gasteiger partial charge is 0.142 e. The van der Waals surface area contributed by atoms with Gasteiger partial charge < -0.3 is 5.32 Å². The first-order chi connectivity index (χ1) is 8.43. The van der Waals surface area contributed by atoms with E-state index in [1.807, 2.05) is 6.07 Å². The summed E-state index contributed by atoms with van der Waals surface area (Å²) < 4.78 is 13.3. The molecule has 0 aliphatic rings. The first kappa shape index (κ1) is 15.5. The highest BCUT2D eigenvalue weighted by Gasteiger charge is 2.17. The summed E-state index contributed by atoms with van der Waals surface area (Å²) in [5, 5.41) is 3.61. The highest BCUT2D eigenvalue weighted by molar-refractivity contribution is 6.31. The lowest BCUT2D eigenvalue weighted by atomic mass is 9.85. The fourth-order valence-corrected chi connectivity index (χ4v) is 2.49. The average Bonchev–Trinajstić information content (AvgIpc) is 2.28. The summed E-state index contributed by atoms with van der Waals surface area (Å²) in [7, 11) is 0. The van der Waals surface area contributed by atoms with Gasteiger partial charge in [-0.25, -0.2) is 4.39 Å². The molecule has 0 aromatic heterocycles. The molecular weight excluding hydrogens is 249 g/mol. The third kappa shape index (κ3) is 4.25. The zero-order valence-corrected chi connectivity index (χ0v) is 12.4. The van der Waals surface area contributed by atoms with Crippen molar-refractivity contribution in [1.29, 1.82) is 0 Å². The van der Waals surface area contributed by atoms with E-state index in [4.69, 9.17) is 11.6 Å². The van der Waals surface area contributed by atoms with Gasteiger partial charge in [0.2, 0.25) is 0 Å². The van der Waals surface area contributed by atoms with Gasteiger partial charge in [-0.1, -0.05) is 51.4 Å². The Labute approximate surface area is 115 Å². The summed E-state index contributed by atoms with van der Waals surface area (Å²) in [5.41, 5.74) is 0.822. The van der Waals surface area contributed by atoms with Gasteiger partial charge in [-0.15, -0.1) is 0 Å². The molecule has 0 bridgehead atoms. The zero-order chi connectivity index (χ0) is 13.7. The highest BCUT2D eigenvalue weighted by Crippen LogP contribution is 2.21. The molecule has 0 atom stereocenters. The Morgan fingerprint density at radius 1 is 1.17 bits per heavy atom. The zero-order valence-electron chi connectivity index (χ0n) is 11.6. The fraction of sp³-hybridized carbons (Fsp3) is 0.600. The van der Waals surface area contributed by atoms with Crippen LogP contribution >= 0.6 is 11.6 Å². The Hall–Kier alpha value is -0.600. The van der Waals surface area contributed by atoms with Crippen LogP contribution < -0.4 is 5.32 Å². The van der Waals surface area contributed by atoms with Crippen LogP contribution in [-0.2, 0) is 6.54 Å². The van der Waals surface area contributed by atoms with Gasteiger partial charge in [-0.3, -0.25) is 0 Å². The van der Waals surface area contributed by atoms with Crippen LogP contribution in [0.4, 0.5) is 4.39 Å². The monoisotopic (exact) mass is 271 g/mol. The van der Waals surface area contributed by atoms with Crippen LogP contribution in [-0.4, -0.2) is 6.54 Å². The summed E-state index contributed by atoms with van der Waals surface area (Å²) >= 11 is 5.92. The summed E-state index contributed by atoms with van der Waals surface area (Å²) in [6.45, 7) is 10.5. The van der Waals surface area contributed by atoms with Gasteiger partial charge in [0.1, 0.15) is 5.82 Å². The third-order valence-corrected chi connectivity index (χ3v) is 3.86. The summed E-state index contributed by atoms with van der Waals surface area (Å²) in [6, 6.07) is 4.94. The molecular formula is C15H23ClFN. The van der Waals surface area contributed by atoms with E-state index in [9.17, 15) is 4.39 Å². The molecule has 0 spiro atoms. The Morgan fingerprint density at radius 3 is 2.33 bits per heavy atom. The van der Waals surface area contributed by atoms with Gasteiger partial charge in [0, 0.05) is 6.54 Å². The molecule has 0 saturated carbocycles. The van der Waals surface area contributed by atoms with E-state index in [0.717, 1.165) is 12.1 Å². The fourth-order valence-electron chi connectivity index (χ4n) is 2.30. The van der Waals surface area contributed by atoms with E-state index < -0.39 is 0 Å². The van der Waals surface area contributed by atoms with Gasteiger partial charge in [0.05, 0.1) is 5.02 Å². The maximum atomic E-state index is 13.3. The molecule has 1 aromatic carbocycles. The second-order valence-electron chi connectivity index (χ2n) is 5.50. The number of benzene rings is 1. The normalized spacial score (nSPS) is 11.8. The second kappa shape index (κ2) is 7.10. The maximum Gasteiger partial charge on any atom is 0.142 e. The molecule has 1 N–H and O–H groups in total. The molecule has 0 fully saturated rings. The van der Waals surface area contributed by atoms with Crippen molar-refractivity contribution in [3.63, 3.8) is 0 Å². The Balaban J connectivity index is 2.53. The number of rotatable bonds is 6. The molecule has 3 heteroatoms. The largest absolute Gasteiger partial charge is 0.312 e. The van der Waals surface area contributed by atoms with Gasteiger partial charge in [0.25, 0.3) is 0 Å². The molecule has 0 aliphatic heterocycles. The van der Waals surface area contributed by atoms with Crippen molar-refractivity contribution in [1.82, 2.24) is 5.32 Å². The Morgan fingerprint density at radius 2 is 1.78 bits per heavy atom. The lowest BCUT2D eigenvalue weighted by Crippen LogP contribution is -2.29. The topological polar surface area (TPSA) is 12.0 Å². The van der Waals surface area contributed by atoms with Crippen molar-refractivity contribution >= 4 is 11.6 Å². The lowest BCUT2D eigenvalue weighted by Gasteiger charge is -2.25. The number of hydrogen-bond donors (Lipinski definition) is 1. The van der Waals surface area contributed by atoms with E-state index in [-0.39, 0.29) is 10.8 Å². The van der Waals surface area contributed by atoms with Crippen molar-refractivity contribution < 1.29 is 4.39 Å². The van der Waals surface area contributed by atoms with Crippen molar-refractivity contribution in [2.45, 2.75) is 34.2 Å². The average molecular weight is 272 g/mol. The highest BCUT2D eigenvalue weighted by atomic mass is 35.5. The molecule has 0 amide bonds. The molecule has 0 radical (unpaired) electrons. The Kier molecular flexibility index (Phi) is 6.10. The van der Waals surface area contributed by atoms with E-state index >= 15 is 0 Å². The van der Waals surface area contributed by atoms with Gasteiger partial charge in [-0.05, 0) is 35.9 Å². The van der Waals surface area contributed by atoms with E-state index in [1.54, 1.807) is 6.07 Å². The summed E-state index contributed by atoms with van der Waals surface area (Å²) in [6.07, 6.45) is 0. The van der Waals surface area contributed by atoms with Crippen LogP contribution in [0, 0.1) is 23.6 Å². The molecule has 0 saturated heterocycles. The van der Waals surface area contributed by atoms with Crippen molar-refractivity contribution in [3.05, 3.63) is 34.6 Å². The minimum Gasteiger partial charge on any atom is -0.312 e. The molecule has 1 nitrogen and oxygen atoms in total. The molecule has 0 unspecified atom stereocenters. The van der Waals surface area contributed by atoms with Crippen LogP contribution in [0.3, 0.4) is 0 Å². The first-order valence-corrected chi connectivity index (χ1v) is 6.94. The summed E-state index contributed by atoms with van der Waals surface area (Å²) in [4.78, 5) is 0. The number of hydrogen-bond acceptors (Lipinski definition) is 1. The van der Waals surface area contributed by atoms with Crippen LogP contribution in [0.25, 0.3) is 0 Å². The van der Waals surface area contributed by atoms with Gasteiger partial charge in [0.15, 0.2) is 0 Å². The molecule has 1 rings (SSSR count). The molecule has 102 valence electrons. The Bertz CT molecular complexity index is 369. The van der Waals surface area contributed by atoms with Crippen molar-refractivity contribution in [2.24, 2.45) is 17.8 Å². The molecule has 0 aliphatic carbocycles. The predicted molar refractivity (Wildman–Crippen MR) is 76.3 cm³/mol. The standard InChI is InChI=1S/C15H23ClFN/c1-10(2)13(11(3)4)9-18-8-12-6-5-7-14(17)15(12)16/h5-7,10-11,13,18H,8-9H2,1-4H3. The van der Waals surface area contributed by atoms with Crippen molar-refractivity contribution in [3.8, 4) is 0 Å². The van der Waals surface area contributed by atoms with Gasteiger partial charge in [-0.2, -0.15) is 0 Å². The van der Waals surface area contributed by atoms with Crippen LogP contribution in [0.5, 0.6) is 0 Å². The minimum absolute atomic E-state index is 0.232. The number of nitrogens with one attached hydrogen (secondary N) is 1. The van der Waals surface area contributed by atoms with E-state index in [1.165, 1.54) is 6.07 Å². The maximum absolute atomic E-state index is 13.3. The van der Waals surface area contributed by atoms with Crippen LogP contribution in [0.1, 0.15) is 33.3 Å². The summed E-state index contributed by atoms with van der Waals surface area (Å²) in [5.74, 6) is 1.55.